The number of ether oxygens (including phenoxy) is 2. The lowest BCUT2D eigenvalue weighted by Gasteiger charge is -2.11. The van der Waals surface area contributed by atoms with Gasteiger partial charge in [-0.1, -0.05) is 0 Å². The lowest BCUT2D eigenvalue weighted by molar-refractivity contribution is 0.398. The SMILES string of the molecule is COc1ccc(OC)c(CNS(=O)(=O)c2cn[nH]c2)c1. The average Bonchev–Trinajstić information content (AvgIpc) is 3.00. The third-order valence-electron chi connectivity index (χ3n) is 2.72. The Kier molecular flexibility index (Phi) is 4.26. The van der Waals surface area contributed by atoms with Gasteiger partial charge in [0.2, 0.25) is 10.0 Å². The molecule has 0 atom stereocenters. The molecule has 0 spiro atoms. The van der Waals surface area contributed by atoms with Crippen LogP contribution < -0.4 is 14.2 Å². The van der Waals surface area contributed by atoms with Crippen LogP contribution >= 0.6 is 0 Å². The molecule has 1 aromatic heterocycles. The summed E-state index contributed by atoms with van der Waals surface area (Å²) in [5.74, 6) is 1.21. The van der Waals surface area contributed by atoms with Gasteiger partial charge in [0.05, 0.1) is 20.4 Å². The minimum absolute atomic E-state index is 0.0827. The minimum Gasteiger partial charge on any atom is -0.497 e. The Morgan fingerprint density at radius 1 is 1.30 bits per heavy atom. The number of methoxy groups -OCH3 is 2. The summed E-state index contributed by atoms with van der Waals surface area (Å²) in [4.78, 5) is 0.0827. The molecule has 2 N–H and O–H groups in total. The zero-order valence-electron chi connectivity index (χ0n) is 11.1. The van der Waals surface area contributed by atoms with Crippen molar-refractivity contribution in [1.29, 1.82) is 0 Å². The summed E-state index contributed by atoms with van der Waals surface area (Å²) in [6.45, 7) is 0.0912. The zero-order valence-corrected chi connectivity index (χ0v) is 11.9. The number of sulfonamides is 1. The first-order chi connectivity index (χ1) is 9.56. The maximum absolute atomic E-state index is 12.0. The Bertz CT molecular complexity index is 668. The van der Waals surface area contributed by atoms with Crippen LogP contribution in [0.15, 0.2) is 35.5 Å². The molecule has 0 bridgehead atoms. The zero-order chi connectivity index (χ0) is 14.6. The van der Waals surface area contributed by atoms with Crippen LogP contribution in [0.2, 0.25) is 0 Å². The molecule has 2 aromatic rings. The lowest BCUT2D eigenvalue weighted by atomic mass is 10.2. The molecule has 0 amide bonds. The van der Waals surface area contributed by atoms with Crippen molar-refractivity contribution in [3.05, 3.63) is 36.2 Å². The second-order valence-electron chi connectivity index (χ2n) is 3.94. The summed E-state index contributed by atoms with van der Waals surface area (Å²) in [7, 11) is -0.533. The Labute approximate surface area is 117 Å². The lowest BCUT2D eigenvalue weighted by Crippen LogP contribution is -2.23. The largest absolute Gasteiger partial charge is 0.497 e. The first-order valence-electron chi connectivity index (χ1n) is 5.76. The molecule has 2 rings (SSSR count). The van der Waals surface area contributed by atoms with Crippen molar-refractivity contribution in [2.24, 2.45) is 0 Å². The number of hydrogen-bond donors (Lipinski definition) is 2. The van der Waals surface area contributed by atoms with Crippen LogP contribution in [0.25, 0.3) is 0 Å². The highest BCUT2D eigenvalue weighted by Gasteiger charge is 2.16. The molecule has 0 aliphatic carbocycles. The van der Waals surface area contributed by atoms with Crippen molar-refractivity contribution in [3.8, 4) is 11.5 Å². The Balaban J connectivity index is 2.18. The van der Waals surface area contributed by atoms with Crippen LogP contribution in [0.3, 0.4) is 0 Å². The molecule has 0 saturated carbocycles. The van der Waals surface area contributed by atoms with Crippen molar-refractivity contribution in [2.75, 3.05) is 14.2 Å². The molecule has 0 aliphatic heterocycles. The summed E-state index contributed by atoms with van der Waals surface area (Å²) >= 11 is 0. The maximum atomic E-state index is 12.0. The molecular weight excluding hydrogens is 282 g/mol. The van der Waals surface area contributed by atoms with Crippen LogP contribution in [0.1, 0.15) is 5.56 Å². The average molecular weight is 297 g/mol. The highest BCUT2D eigenvalue weighted by Crippen LogP contribution is 2.24. The fraction of sp³-hybridized carbons (Fsp3) is 0.250. The van der Waals surface area contributed by atoms with Crippen molar-refractivity contribution < 1.29 is 17.9 Å². The van der Waals surface area contributed by atoms with E-state index in [1.807, 2.05) is 0 Å². The van der Waals surface area contributed by atoms with Gasteiger partial charge < -0.3 is 9.47 Å². The van der Waals surface area contributed by atoms with Crippen molar-refractivity contribution in [2.45, 2.75) is 11.4 Å². The van der Waals surface area contributed by atoms with E-state index in [2.05, 4.69) is 14.9 Å². The molecule has 8 heteroatoms. The molecular formula is C12H15N3O4S. The third kappa shape index (κ3) is 3.09. The monoisotopic (exact) mass is 297 g/mol. The summed E-state index contributed by atoms with van der Waals surface area (Å²) in [5.41, 5.74) is 0.680. The summed E-state index contributed by atoms with van der Waals surface area (Å²) in [6.07, 6.45) is 2.55. The predicted molar refractivity (Wildman–Crippen MR) is 72.2 cm³/mol. The second kappa shape index (κ2) is 5.93. The molecule has 0 fully saturated rings. The van der Waals surface area contributed by atoms with Crippen LogP contribution in [-0.4, -0.2) is 32.8 Å². The topological polar surface area (TPSA) is 93.3 Å². The highest BCUT2D eigenvalue weighted by molar-refractivity contribution is 7.89. The van der Waals surface area contributed by atoms with E-state index < -0.39 is 10.0 Å². The Morgan fingerprint density at radius 2 is 2.10 bits per heavy atom. The van der Waals surface area contributed by atoms with E-state index in [0.717, 1.165) is 0 Å². The molecule has 0 unspecified atom stereocenters. The van der Waals surface area contributed by atoms with E-state index in [-0.39, 0.29) is 11.4 Å². The van der Waals surface area contributed by atoms with Gasteiger partial charge in [0, 0.05) is 18.3 Å². The summed E-state index contributed by atoms with van der Waals surface area (Å²) < 4.78 is 36.7. The van der Waals surface area contributed by atoms with E-state index >= 15 is 0 Å². The van der Waals surface area contributed by atoms with E-state index in [0.29, 0.717) is 17.1 Å². The molecule has 0 radical (unpaired) electrons. The first kappa shape index (κ1) is 14.4. The van der Waals surface area contributed by atoms with Gasteiger partial charge in [-0.3, -0.25) is 5.10 Å². The summed E-state index contributed by atoms with van der Waals surface area (Å²) in [6, 6.07) is 5.18. The Morgan fingerprint density at radius 3 is 2.70 bits per heavy atom. The third-order valence-corrected chi connectivity index (χ3v) is 4.09. The Hall–Kier alpha value is -2.06. The van der Waals surface area contributed by atoms with Crippen LogP contribution in [0, 0.1) is 0 Å². The molecule has 0 saturated heterocycles. The minimum atomic E-state index is -3.60. The smallest absolute Gasteiger partial charge is 0.243 e. The van der Waals surface area contributed by atoms with Gasteiger partial charge in [0.1, 0.15) is 16.4 Å². The number of benzene rings is 1. The molecule has 1 aromatic carbocycles. The molecule has 0 aliphatic rings. The van der Waals surface area contributed by atoms with Gasteiger partial charge in [0.15, 0.2) is 0 Å². The van der Waals surface area contributed by atoms with Crippen LogP contribution in [-0.2, 0) is 16.6 Å². The second-order valence-corrected chi connectivity index (χ2v) is 5.70. The van der Waals surface area contributed by atoms with Gasteiger partial charge in [-0.15, -0.1) is 0 Å². The molecule has 7 nitrogen and oxygen atoms in total. The highest BCUT2D eigenvalue weighted by atomic mass is 32.2. The van der Waals surface area contributed by atoms with Gasteiger partial charge >= 0.3 is 0 Å². The van der Waals surface area contributed by atoms with E-state index in [9.17, 15) is 8.42 Å². The fourth-order valence-corrected chi connectivity index (χ4v) is 2.57. The van der Waals surface area contributed by atoms with Crippen molar-refractivity contribution in [1.82, 2.24) is 14.9 Å². The molecule has 108 valence electrons. The predicted octanol–water partition coefficient (Wildman–Crippen LogP) is 0.905. The first-order valence-corrected chi connectivity index (χ1v) is 7.24. The number of nitrogens with zero attached hydrogens (tertiary/aromatic N) is 1. The number of nitrogens with one attached hydrogen (secondary N) is 2. The van der Waals surface area contributed by atoms with Crippen LogP contribution in [0.4, 0.5) is 0 Å². The van der Waals surface area contributed by atoms with Gasteiger partial charge in [0.25, 0.3) is 0 Å². The standard InChI is InChI=1S/C12H15N3O4S/c1-18-10-3-4-12(19-2)9(5-10)6-15-20(16,17)11-7-13-14-8-11/h3-5,7-8,15H,6H2,1-2H3,(H,13,14). The molecule has 20 heavy (non-hydrogen) atoms. The number of aromatic amines is 1. The van der Waals surface area contributed by atoms with Crippen LogP contribution in [0.5, 0.6) is 11.5 Å². The molecule has 1 heterocycles. The van der Waals surface area contributed by atoms with Gasteiger partial charge in [-0.2, -0.15) is 5.10 Å². The number of H-pyrrole nitrogens is 1. The normalized spacial score (nSPS) is 11.3. The van der Waals surface area contributed by atoms with E-state index in [4.69, 9.17) is 9.47 Å². The van der Waals surface area contributed by atoms with Gasteiger partial charge in [-0.05, 0) is 18.2 Å². The van der Waals surface area contributed by atoms with Crippen molar-refractivity contribution >= 4 is 10.0 Å². The van der Waals surface area contributed by atoms with E-state index in [1.165, 1.54) is 19.5 Å². The number of hydrogen-bond acceptors (Lipinski definition) is 5. The van der Waals surface area contributed by atoms with Gasteiger partial charge in [-0.25, -0.2) is 13.1 Å². The summed E-state index contributed by atoms with van der Waals surface area (Å²) in [5, 5.41) is 6.08. The maximum Gasteiger partial charge on any atom is 0.243 e. The number of rotatable bonds is 6. The number of aromatic nitrogens is 2. The van der Waals surface area contributed by atoms with E-state index in [1.54, 1.807) is 25.3 Å². The fourth-order valence-electron chi connectivity index (χ4n) is 1.66. The quantitative estimate of drug-likeness (QED) is 0.826. The van der Waals surface area contributed by atoms with Crippen molar-refractivity contribution in [3.63, 3.8) is 0 Å².